The third-order valence-electron chi connectivity index (χ3n) is 2.70. The second-order valence-electron chi connectivity index (χ2n) is 4.18. The number of carbonyl (C=O) groups is 1. The number of hydrogen-bond donors (Lipinski definition) is 1. The predicted octanol–water partition coefficient (Wildman–Crippen LogP) is 3.64. The number of pyridine rings is 1. The Morgan fingerprint density at radius 1 is 1.29 bits per heavy atom. The van der Waals surface area contributed by atoms with Crippen LogP contribution in [0.3, 0.4) is 0 Å². The van der Waals surface area contributed by atoms with Crippen molar-refractivity contribution in [3.05, 3.63) is 59.7 Å². The number of ether oxygens (including phenoxy) is 1. The molecule has 1 aliphatic rings. The molecular formula is C17H22N2O2. The van der Waals surface area contributed by atoms with Crippen LogP contribution in [0.1, 0.15) is 37.7 Å². The van der Waals surface area contributed by atoms with Crippen LogP contribution < -0.4 is 10.1 Å². The SMILES string of the molecule is CC.CNC(=O)c1cc(OC2=CCC=C(C)C=C2)ccn1. The maximum Gasteiger partial charge on any atom is 0.269 e. The fourth-order valence-electron chi connectivity index (χ4n) is 1.65. The van der Waals surface area contributed by atoms with Crippen molar-refractivity contribution in [3.63, 3.8) is 0 Å². The van der Waals surface area contributed by atoms with Gasteiger partial charge >= 0.3 is 0 Å². The number of carbonyl (C=O) groups excluding carboxylic acids is 1. The van der Waals surface area contributed by atoms with Gasteiger partial charge in [0.15, 0.2) is 0 Å². The van der Waals surface area contributed by atoms with Gasteiger partial charge < -0.3 is 10.1 Å². The number of rotatable bonds is 3. The van der Waals surface area contributed by atoms with Crippen LogP contribution in [0.2, 0.25) is 0 Å². The van der Waals surface area contributed by atoms with Crippen LogP contribution in [0.4, 0.5) is 0 Å². The molecule has 1 heterocycles. The molecule has 0 saturated heterocycles. The van der Waals surface area contributed by atoms with E-state index in [1.165, 1.54) is 5.57 Å². The zero-order valence-electron chi connectivity index (χ0n) is 13.0. The summed E-state index contributed by atoms with van der Waals surface area (Å²) in [4.78, 5) is 15.5. The van der Waals surface area contributed by atoms with E-state index in [2.05, 4.69) is 16.4 Å². The summed E-state index contributed by atoms with van der Waals surface area (Å²) >= 11 is 0. The van der Waals surface area contributed by atoms with Crippen molar-refractivity contribution < 1.29 is 9.53 Å². The molecule has 1 N–H and O–H groups in total. The molecule has 2 rings (SSSR count). The summed E-state index contributed by atoms with van der Waals surface area (Å²) in [5, 5.41) is 2.53. The van der Waals surface area contributed by atoms with E-state index in [4.69, 9.17) is 4.74 Å². The Hall–Kier alpha value is -2.36. The van der Waals surface area contributed by atoms with Crippen molar-refractivity contribution >= 4 is 5.91 Å². The lowest BCUT2D eigenvalue weighted by Gasteiger charge is -2.07. The average molecular weight is 286 g/mol. The van der Waals surface area contributed by atoms with Gasteiger partial charge in [-0.1, -0.05) is 31.6 Å². The molecule has 0 radical (unpaired) electrons. The summed E-state index contributed by atoms with van der Waals surface area (Å²) < 4.78 is 5.74. The highest BCUT2D eigenvalue weighted by atomic mass is 16.5. The highest BCUT2D eigenvalue weighted by molar-refractivity contribution is 5.92. The summed E-state index contributed by atoms with van der Waals surface area (Å²) in [5.74, 6) is 1.14. The van der Waals surface area contributed by atoms with Gasteiger partial charge in [-0.05, 0) is 31.6 Å². The van der Waals surface area contributed by atoms with Crippen molar-refractivity contribution in [1.82, 2.24) is 10.3 Å². The Balaban J connectivity index is 0.00000106. The monoisotopic (exact) mass is 286 g/mol. The third kappa shape index (κ3) is 5.26. The van der Waals surface area contributed by atoms with Crippen LogP contribution in [0.5, 0.6) is 5.75 Å². The second-order valence-corrected chi connectivity index (χ2v) is 4.18. The Morgan fingerprint density at radius 3 is 2.76 bits per heavy atom. The summed E-state index contributed by atoms with van der Waals surface area (Å²) in [6.45, 7) is 6.05. The Bertz CT molecular complexity index is 572. The van der Waals surface area contributed by atoms with Crippen LogP contribution in [-0.2, 0) is 0 Å². The van der Waals surface area contributed by atoms with Gasteiger partial charge in [-0.15, -0.1) is 0 Å². The Labute approximate surface area is 126 Å². The largest absolute Gasteiger partial charge is 0.458 e. The molecular weight excluding hydrogens is 264 g/mol. The second kappa shape index (κ2) is 8.74. The van der Waals surface area contributed by atoms with E-state index < -0.39 is 0 Å². The number of hydrogen-bond acceptors (Lipinski definition) is 3. The highest BCUT2D eigenvalue weighted by Crippen LogP contribution is 2.17. The van der Waals surface area contributed by atoms with Crippen LogP contribution in [0, 0.1) is 0 Å². The number of nitrogens with zero attached hydrogens (tertiary/aromatic N) is 1. The highest BCUT2D eigenvalue weighted by Gasteiger charge is 2.07. The van der Waals surface area contributed by atoms with Gasteiger partial charge in [0, 0.05) is 19.3 Å². The average Bonchev–Trinajstić information content (AvgIpc) is 2.73. The Morgan fingerprint density at radius 2 is 2.05 bits per heavy atom. The molecule has 0 atom stereocenters. The van der Waals surface area contributed by atoms with E-state index in [-0.39, 0.29) is 5.91 Å². The molecule has 0 spiro atoms. The summed E-state index contributed by atoms with van der Waals surface area (Å²) in [6.07, 6.45) is 10.4. The molecule has 0 saturated carbocycles. The molecule has 0 bridgehead atoms. The van der Waals surface area contributed by atoms with Crippen molar-refractivity contribution in [1.29, 1.82) is 0 Å². The Kier molecular flexibility index (Phi) is 6.95. The first-order valence-corrected chi connectivity index (χ1v) is 7.10. The van der Waals surface area contributed by atoms with E-state index in [0.717, 1.165) is 12.2 Å². The summed E-state index contributed by atoms with van der Waals surface area (Å²) in [7, 11) is 1.57. The van der Waals surface area contributed by atoms with Crippen molar-refractivity contribution in [2.24, 2.45) is 0 Å². The number of amides is 1. The smallest absolute Gasteiger partial charge is 0.269 e. The van der Waals surface area contributed by atoms with Crippen LogP contribution in [0.15, 0.2) is 54.0 Å². The molecule has 0 aromatic carbocycles. The lowest BCUT2D eigenvalue weighted by molar-refractivity contribution is 0.0958. The van der Waals surface area contributed by atoms with Crippen LogP contribution >= 0.6 is 0 Å². The zero-order valence-corrected chi connectivity index (χ0v) is 13.0. The van der Waals surface area contributed by atoms with E-state index in [0.29, 0.717) is 11.4 Å². The van der Waals surface area contributed by atoms with Gasteiger partial charge in [0.2, 0.25) is 0 Å². The number of allylic oxidation sites excluding steroid dienone is 5. The first kappa shape index (κ1) is 16.7. The molecule has 1 amide bonds. The first-order chi connectivity index (χ1) is 10.2. The topological polar surface area (TPSA) is 51.2 Å². The molecule has 21 heavy (non-hydrogen) atoms. The first-order valence-electron chi connectivity index (χ1n) is 7.10. The molecule has 1 aromatic heterocycles. The molecule has 1 aromatic rings. The lowest BCUT2D eigenvalue weighted by Crippen LogP contribution is -2.19. The van der Waals surface area contributed by atoms with Crippen molar-refractivity contribution in [2.75, 3.05) is 7.05 Å². The van der Waals surface area contributed by atoms with Gasteiger partial charge in [0.25, 0.3) is 5.91 Å². The van der Waals surface area contributed by atoms with E-state index >= 15 is 0 Å². The zero-order chi connectivity index (χ0) is 15.7. The van der Waals surface area contributed by atoms with Gasteiger partial charge in [-0.3, -0.25) is 9.78 Å². The van der Waals surface area contributed by atoms with Crippen molar-refractivity contribution in [3.8, 4) is 5.75 Å². The van der Waals surface area contributed by atoms with E-state index in [1.54, 1.807) is 25.4 Å². The van der Waals surface area contributed by atoms with Gasteiger partial charge in [0.1, 0.15) is 17.2 Å². The maximum atomic E-state index is 11.5. The molecule has 4 heteroatoms. The van der Waals surface area contributed by atoms with E-state index in [9.17, 15) is 4.79 Å². The molecule has 0 unspecified atom stereocenters. The molecule has 4 nitrogen and oxygen atoms in total. The van der Waals surface area contributed by atoms with Crippen LogP contribution in [0.25, 0.3) is 0 Å². The van der Waals surface area contributed by atoms with E-state index in [1.807, 2.05) is 39.0 Å². The minimum absolute atomic E-state index is 0.228. The molecule has 0 aliphatic heterocycles. The summed E-state index contributed by atoms with van der Waals surface area (Å²) in [6, 6.07) is 3.35. The van der Waals surface area contributed by atoms with Gasteiger partial charge in [-0.25, -0.2) is 0 Å². The standard InChI is InChI=1S/C15H16N2O2.C2H6/c1-11-4-3-5-12(7-6-11)19-13-8-9-17-14(10-13)15(18)16-2;1-2/h4-10H,3H2,1-2H3,(H,16,18);1-2H3. The number of nitrogens with one attached hydrogen (secondary N) is 1. The minimum atomic E-state index is -0.228. The lowest BCUT2D eigenvalue weighted by atomic mass is 10.2. The predicted molar refractivity (Wildman–Crippen MR) is 85.2 cm³/mol. The van der Waals surface area contributed by atoms with Crippen molar-refractivity contribution in [2.45, 2.75) is 27.2 Å². The normalized spacial score (nSPS) is 13.1. The fourth-order valence-corrected chi connectivity index (χ4v) is 1.65. The number of aromatic nitrogens is 1. The summed E-state index contributed by atoms with van der Waals surface area (Å²) in [5.41, 5.74) is 1.54. The van der Waals surface area contributed by atoms with Gasteiger partial charge in [-0.2, -0.15) is 0 Å². The minimum Gasteiger partial charge on any atom is -0.458 e. The fraction of sp³-hybridized carbons (Fsp3) is 0.294. The molecule has 112 valence electrons. The van der Waals surface area contributed by atoms with Gasteiger partial charge in [0.05, 0.1) is 0 Å². The third-order valence-corrected chi connectivity index (χ3v) is 2.70. The quantitative estimate of drug-likeness (QED) is 0.923. The van der Waals surface area contributed by atoms with Crippen LogP contribution in [-0.4, -0.2) is 17.9 Å². The molecule has 0 fully saturated rings. The molecule has 1 aliphatic carbocycles. The maximum absolute atomic E-state index is 11.5.